The Morgan fingerprint density at radius 3 is 2.67 bits per heavy atom. The molecule has 2 atom stereocenters. The molecule has 1 saturated carbocycles. The van der Waals surface area contributed by atoms with E-state index in [9.17, 15) is 13.9 Å². The maximum Gasteiger partial charge on any atom is 0.296 e. The molecule has 0 amide bonds. The van der Waals surface area contributed by atoms with Gasteiger partial charge in [0.05, 0.1) is 37.0 Å². The number of para-hydroxylation sites is 2. The standard InChI is InChI=1S/C23H27F2N5O3/c24-21(25)22-26-16-6-2-3-7-17(16)30(22)19-13-20(33-14-15-5-1-4-8-18(15)31)28-23(27-19)29-9-11-32-12-10-29/h2-3,6-7,13,15,18,21,31H,1,4-5,8-12,14H2/t15-,18?/m1/s1. The predicted molar refractivity (Wildman–Crippen MR) is 118 cm³/mol. The van der Waals surface area contributed by atoms with Gasteiger partial charge in [0.25, 0.3) is 6.43 Å². The van der Waals surface area contributed by atoms with Crippen LogP contribution in [0.3, 0.4) is 0 Å². The van der Waals surface area contributed by atoms with Gasteiger partial charge < -0.3 is 19.5 Å². The molecule has 33 heavy (non-hydrogen) atoms. The molecule has 0 bridgehead atoms. The molecule has 1 aromatic carbocycles. The van der Waals surface area contributed by atoms with Gasteiger partial charge in [-0.3, -0.25) is 4.57 Å². The van der Waals surface area contributed by atoms with Crippen molar-refractivity contribution in [3.63, 3.8) is 0 Å². The van der Waals surface area contributed by atoms with Crippen molar-refractivity contribution in [2.24, 2.45) is 5.92 Å². The zero-order valence-electron chi connectivity index (χ0n) is 18.2. The van der Waals surface area contributed by atoms with E-state index in [0.29, 0.717) is 49.9 Å². The van der Waals surface area contributed by atoms with Gasteiger partial charge in [0.2, 0.25) is 11.8 Å². The fourth-order valence-corrected chi connectivity index (χ4v) is 4.50. The molecule has 2 fully saturated rings. The molecule has 0 radical (unpaired) electrons. The third-order valence-corrected chi connectivity index (χ3v) is 6.30. The average molecular weight is 459 g/mol. The molecule has 1 N–H and O–H groups in total. The van der Waals surface area contributed by atoms with Crippen LogP contribution in [0.25, 0.3) is 16.9 Å². The molecule has 176 valence electrons. The highest BCUT2D eigenvalue weighted by molar-refractivity contribution is 5.78. The number of anilines is 1. The summed E-state index contributed by atoms with van der Waals surface area (Å²) in [5, 5.41) is 10.3. The smallest absolute Gasteiger partial charge is 0.296 e. The number of hydrogen-bond acceptors (Lipinski definition) is 7. The van der Waals surface area contributed by atoms with Crippen LogP contribution in [0, 0.1) is 5.92 Å². The van der Waals surface area contributed by atoms with Crippen LogP contribution < -0.4 is 9.64 Å². The number of benzene rings is 1. The Labute approximate surface area is 190 Å². The number of nitrogens with zero attached hydrogens (tertiary/aromatic N) is 5. The summed E-state index contributed by atoms with van der Waals surface area (Å²) in [5.41, 5.74) is 1.00. The van der Waals surface area contributed by atoms with Crippen molar-refractivity contribution in [2.75, 3.05) is 37.8 Å². The van der Waals surface area contributed by atoms with E-state index >= 15 is 0 Å². The Hall–Kier alpha value is -2.85. The molecule has 2 aliphatic rings. The lowest BCUT2D eigenvalue weighted by atomic mass is 9.87. The maximum atomic E-state index is 13.9. The summed E-state index contributed by atoms with van der Waals surface area (Å²) in [5.74, 6) is 0.603. The van der Waals surface area contributed by atoms with E-state index in [2.05, 4.69) is 15.0 Å². The molecule has 3 heterocycles. The lowest BCUT2D eigenvalue weighted by molar-refractivity contribution is 0.0411. The number of aliphatic hydroxyl groups excluding tert-OH is 1. The zero-order chi connectivity index (χ0) is 22.8. The topological polar surface area (TPSA) is 85.5 Å². The summed E-state index contributed by atoms with van der Waals surface area (Å²) in [6.07, 6.45) is 0.541. The normalized spacial score (nSPS) is 21.6. The predicted octanol–water partition coefficient (Wildman–Crippen LogP) is 3.52. The fraction of sp³-hybridized carbons (Fsp3) is 0.522. The second-order valence-electron chi connectivity index (χ2n) is 8.48. The Balaban J connectivity index is 1.54. The van der Waals surface area contributed by atoms with E-state index < -0.39 is 12.5 Å². The SMILES string of the molecule is OC1CCCC[C@@H]1COc1cc(-n2c(C(F)F)nc3ccccc32)nc(N2CCOCC2)n1. The Morgan fingerprint density at radius 1 is 1.09 bits per heavy atom. The van der Waals surface area contributed by atoms with Crippen LogP contribution in [0.1, 0.15) is 37.9 Å². The number of alkyl halides is 2. The molecule has 10 heteroatoms. The number of aliphatic hydroxyl groups is 1. The van der Waals surface area contributed by atoms with Crippen LogP contribution in [0.5, 0.6) is 5.88 Å². The van der Waals surface area contributed by atoms with Gasteiger partial charge in [-0.05, 0) is 25.0 Å². The number of fused-ring (bicyclic) bond motifs is 1. The number of aromatic nitrogens is 4. The number of hydrogen-bond donors (Lipinski definition) is 1. The first kappa shape index (κ1) is 22.0. The third kappa shape index (κ3) is 4.63. The van der Waals surface area contributed by atoms with Gasteiger partial charge in [0.15, 0.2) is 5.82 Å². The molecule has 2 aromatic heterocycles. The first-order chi connectivity index (χ1) is 16.1. The lowest BCUT2D eigenvalue weighted by Crippen LogP contribution is -2.37. The van der Waals surface area contributed by atoms with Crippen LogP contribution >= 0.6 is 0 Å². The van der Waals surface area contributed by atoms with E-state index in [-0.39, 0.29) is 23.4 Å². The molecule has 1 aliphatic carbocycles. The largest absolute Gasteiger partial charge is 0.477 e. The van der Waals surface area contributed by atoms with Gasteiger partial charge in [-0.1, -0.05) is 25.0 Å². The van der Waals surface area contributed by atoms with Crippen molar-refractivity contribution in [3.8, 4) is 11.7 Å². The average Bonchev–Trinajstić information content (AvgIpc) is 3.24. The quantitative estimate of drug-likeness (QED) is 0.604. The second kappa shape index (κ2) is 9.56. The fourth-order valence-electron chi connectivity index (χ4n) is 4.50. The van der Waals surface area contributed by atoms with Crippen molar-refractivity contribution in [1.82, 2.24) is 19.5 Å². The Morgan fingerprint density at radius 2 is 1.88 bits per heavy atom. The monoisotopic (exact) mass is 459 g/mol. The summed E-state index contributed by atoms with van der Waals surface area (Å²) in [6.45, 7) is 2.57. The first-order valence-electron chi connectivity index (χ1n) is 11.4. The lowest BCUT2D eigenvalue weighted by Gasteiger charge is -2.28. The summed E-state index contributed by atoms with van der Waals surface area (Å²) in [7, 11) is 0. The molecule has 1 aliphatic heterocycles. The molecular formula is C23H27F2N5O3. The molecule has 1 saturated heterocycles. The molecule has 1 unspecified atom stereocenters. The summed E-state index contributed by atoms with van der Waals surface area (Å²) < 4.78 is 40.7. The minimum atomic E-state index is -2.78. The van der Waals surface area contributed by atoms with Gasteiger partial charge >= 0.3 is 0 Å². The van der Waals surface area contributed by atoms with E-state index in [1.54, 1.807) is 30.3 Å². The van der Waals surface area contributed by atoms with Crippen molar-refractivity contribution >= 4 is 17.0 Å². The summed E-state index contributed by atoms with van der Waals surface area (Å²) >= 11 is 0. The molecule has 8 nitrogen and oxygen atoms in total. The van der Waals surface area contributed by atoms with Crippen molar-refractivity contribution in [2.45, 2.75) is 38.2 Å². The Bertz CT molecular complexity index is 1100. The first-order valence-corrected chi connectivity index (χ1v) is 11.4. The van der Waals surface area contributed by atoms with Crippen molar-refractivity contribution < 1.29 is 23.4 Å². The highest BCUT2D eigenvalue weighted by atomic mass is 19.3. The van der Waals surface area contributed by atoms with Gasteiger partial charge in [-0.2, -0.15) is 9.97 Å². The zero-order valence-corrected chi connectivity index (χ0v) is 18.2. The maximum absolute atomic E-state index is 13.9. The Kier molecular flexibility index (Phi) is 6.37. The highest BCUT2D eigenvalue weighted by Crippen LogP contribution is 2.30. The molecule has 0 spiro atoms. The highest BCUT2D eigenvalue weighted by Gasteiger charge is 2.26. The van der Waals surface area contributed by atoms with Crippen LogP contribution in [-0.2, 0) is 4.74 Å². The van der Waals surface area contributed by atoms with E-state index in [1.165, 1.54) is 4.57 Å². The van der Waals surface area contributed by atoms with Crippen LogP contribution in [-0.4, -0.2) is 63.6 Å². The van der Waals surface area contributed by atoms with E-state index in [4.69, 9.17) is 9.47 Å². The van der Waals surface area contributed by atoms with Crippen LogP contribution in [0.15, 0.2) is 30.3 Å². The van der Waals surface area contributed by atoms with Gasteiger partial charge in [-0.15, -0.1) is 0 Å². The van der Waals surface area contributed by atoms with Crippen LogP contribution in [0.4, 0.5) is 14.7 Å². The molecule has 5 rings (SSSR count). The van der Waals surface area contributed by atoms with Crippen LogP contribution in [0.2, 0.25) is 0 Å². The van der Waals surface area contributed by atoms with Crippen molar-refractivity contribution in [3.05, 3.63) is 36.2 Å². The number of halogens is 2. The van der Waals surface area contributed by atoms with Gasteiger partial charge in [0.1, 0.15) is 5.82 Å². The van der Waals surface area contributed by atoms with E-state index in [1.807, 2.05) is 4.90 Å². The molecule has 3 aromatic rings. The summed E-state index contributed by atoms with van der Waals surface area (Å²) in [4.78, 5) is 15.3. The van der Waals surface area contributed by atoms with Crippen molar-refractivity contribution in [1.29, 1.82) is 0 Å². The number of morpholine rings is 1. The number of ether oxygens (including phenoxy) is 2. The van der Waals surface area contributed by atoms with Gasteiger partial charge in [0, 0.05) is 25.1 Å². The minimum absolute atomic E-state index is 0.0229. The second-order valence-corrected chi connectivity index (χ2v) is 8.48. The van der Waals surface area contributed by atoms with Gasteiger partial charge in [-0.25, -0.2) is 13.8 Å². The minimum Gasteiger partial charge on any atom is -0.477 e. The summed E-state index contributed by atoms with van der Waals surface area (Å²) in [6, 6.07) is 8.55. The van der Waals surface area contributed by atoms with E-state index in [0.717, 1.165) is 25.7 Å². The number of rotatable bonds is 6. The number of imidazole rings is 1. The molecular weight excluding hydrogens is 432 g/mol. The third-order valence-electron chi connectivity index (χ3n) is 6.30.